The summed E-state index contributed by atoms with van der Waals surface area (Å²) in [5.41, 5.74) is 2.59. The lowest BCUT2D eigenvalue weighted by molar-refractivity contribution is 0.315. The van der Waals surface area contributed by atoms with Crippen LogP contribution in [0.2, 0.25) is 0 Å². The highest BCUT2D eigenvalue weighted by Gasteiger charge is 2.18. The molecule has 3 rings (SSSR count). The van der Waals surface area contributed by atoms with Crippen LogP contribution in [0.5, 0.6) is 5.75 Å². The van der Waals surface area contributed by atoms with E-state index in [4.69, 9.17) is 4.74 Å². The Bertz CT molecular complexity index is 724. The molecule has 1 aliphatic rings. The minimum Gasteiger partial charge on any atom is -0.493 e. The van der Waals surface area contributed by atoms with Crippen molar-refractivity contribution in [2.24, 2.45) is 0 Å². The van der Waals surface area contributed by atoms with Crippen LogP contribution in [-0.4, -0.2) is 17.7 Å². The highest BCUT2D eigenvalue weighted by Crippen LogP contribution is 2.32. The van der Waals surface area contributed by atoms with Crippen LogP contribution >= 0.6 is 0 Å². The van der Waals surface area contributed by atoms with Crippen molar-refractivity contribution in [3.63, 3.8) is 0 Å². The molecule has 1 atom stereocenters. The van der Waals surface area contributed by atoms with Crippen LogP contribution in [0.25, 0.3) is 0 Å². The van der Waals surface area contributed by atoms with E-state index in [9.17, 15) is 4.79 Å². The molecule has 2 heterocycles. The smallest absolute Gasteiger partial charge is 0.250 e. The van der Waals surface area contributed by atoms with Crippen LogP contribution in [0.3, 0.4) is 0 Å². The minimum atomic E-state index is 0.0793. The molecule has 1 aliphatic heterocycles. The van der Waals surface area contributed by atoms with Gasteiger partial charge < -0.3 is 14.6 Å². The normalized spacial score (nSPS) is 17.0. The number of unbranched alkanes of at least 4 members (excludes halogenated alkanes) is 1. The second-order valence-electron chi connectivity index (χ2n) is 6.48. The molecule has 0 radical (unpaired) electrons. The van der Waals surface area contributed by atoms with Gasteiger partial charge in [0.25, 0.3) is 0 Å². The van der Waals surface area contributed by atoms with Gasteiger partial charge in [-0.15, -0.1) is 0 Å². The Morgan fingerprint density at radius 1 is 1.25 bits per heavy atom. The number of hydrogen-bond acceptors (Lipinski definition) is 3. The molecule has 0 spiro atoms. The van der Waals surface area contributed by atoms with E-state index < -0.39 is 0 Å². The van der Waals surface area contributed by atoms with Gasteiger partial charge in [-0.2, -0.15) is 0 Å². The maximum Gasteiger partial charge on any atom is 0.250 e. The number of nitrogens with zero attached hydrogens (tertiary/aromatic N) is 1. The average molecular weight is 326 g/mol. The molecule has 128 valence electrons. The first kappa shape index (κ1) is 16.8. The molecule has 1 aromatic carbocycles. The molecule has 0 amide bonds. The van der Waals surface area contributed by atoms with E-state index >= 15 is 0 Å². The molecule has 0 saturated carbocycles. The van der Waals surface area contributed by atoms with Crippen molar-refractivity contribution in [3.05, 3.63) is 64.1 Å². The van der Waals surface area contributed by atoms with Crippen LogP contribution in [-0.2, 0) is 6.54 Å². The monoisotopic (exact) mass is 326 g/mol. The Kier molecular flexibility index (Phi) is 5.70. The quantitative estimate of drug-likeness (QED) is 0.827. The van der Waals surface area contributed by atoms with Gasteiger partial charge in [-0.1, -0.05) is 18.2 Å². The van der Waals surface area contributed by atoms with Crippen molar-refractivity contribution in [1.82, 2.24) is 9.88 Å². The Hall–Kier alpha value is -2.07. The number of aryl methyl sites for hydroxylation is 2. The van der Waals surface area contributed by atoms with Crippen molar-refractivity contribution in [2.75, 3.05) is 13.2 Å². The van der Waals surface area contributed by atoms with Crippen molar-refractivity contribution in [1.29, 1.82) is 0 Å². The van der Waals surface area contributed by atoms with Gasteiger partial charge in [-0.25, -0.2) is 0 Å². The number of nitrogens with one attached hydrogen (secondary N) is 1. The Morgan fingerprint density at radius 3 is 3.04 bits per heavy atom. The number of rotatable bonds is 6. The van der Waals surface area contributed by atoms with E-state index in [1.165, 1.54) is 11.1 Å². The molecule has 2 aromatic rings. The Labute approximate surface area is 143 Å². The summed E-state index contributed by atoms with van der Waals surface area (Å²) >= 11 is 0. The zero-order valence-corrected chi connectivity index (χ0v) is 14.3. The summed E-state index contributed by atoms with van der Waals surface area (Å²) in [4.78, 5) is 11.7. The number of pyridine rings is 1. The third kappa shape index (κ3) is 4.26. The van der Waals surface area contributed by atoms with Gasteiger partial charge in [0.15, 0.2) is 0 Å². The van der Waals surface area contributed by atoms with Gasteiger partial charge >= 0.3 is 0 Å². The maximum atomic E-state index is 11.7. The van der Waals surface area contributed by atoms with Crippen LogP contribution < -0.4 is 15.6 Å². The number of aromatic nitrogens is 1. The van der Waals surface area contributed by atoms with Crippen LogP contribution in [0.15, 0.2) is 47.4 Å². The fraction of sp³-hybridized carbons (Fsp3) is 0.450. The molecule has 4 heteroatoms. The number of hydrogen-bond donors (Lipinski definition) is 1. The second-order valence-corrected chi connectivity index (χ2v) is 6.48. The van der Waals surface area contributed by atoms with E-state index in [-0.39, 0.29) is 5.56 Å². The van der Waals surface area contributed by atoms with E-state index in [0.717, 1.165) is 51.1 Å². The summed E-state index contributed by atoms with van der Waals surface area (Å²) in [5.74, 6) is 1.03. The molecule has 1 N–H and O–H groups in total. The molecule has 4 nitrogen and oxygen atoms in total. The molecular weight excluding hydrogens is 300 g/mol. The summed E-state index contributed by atoms with van der Waals surface area (Å²) in [7, 11) is 0. The standard InChI is InChI=1S/C20H26N2O2/c1-16-9-10-17-18(7-6-14-24-19(17)15-16)21-11-3-5-13-22-12-4-2-8-20(22)23/h2,4,8-10,12,15,18,21H,3,5-7,11,13-14H2,1H3. The topological polar surface area (TPSA) is 43.3 Å². The molecule has 0 saturated heterocycles. The van der Waals surface area contributed by atoms with Gasteiger partial charge in [0.1, 0.15) is 5.75 Å². The fourth-order valence-electron chi connectivity index (χ4n) is 3.22. The SMILES string of the molecule is Cc1ccc2c(c1)OCCCC2NCCCCn1ccccc1=O. The van der Waals surface area contributed by atoms with E-state index in [2.05, 4.69) is 30.4 Å². The van der Waals surface area contributed by atoms with Gasteiger partial charge in [0.2, 0.25) is 5.56 Å². The molecule has 1 unspecified atom stereocenters. The fourth-order valence-corrected chi connectivity index (χ4v) is 3.22. The first-order chi connectivity index (χ1) is 11.7. The zero-order valence-electron chi connectivity index (χ0n) is 14.3. The predicted molar refractivity (Wildman–Crippen MR) is 96.6 cm³/mol. The third-order valence-electron chi connectivity index (χ3n) is 4.55. The Morgan fingerprint density at radius 2 is 2.17 bits per heavy atom. The summed E-state index contributed by atoms with van der Waals surface area (Å²) in [6.07, 6.45) is 6.09. The summed E-state index contributed by atoms with van der Waals surface area (Å²) < 4.78 is 7.66. The minimum absolute atomic E-state index is 0.0793. The Balaban J connectivity index is 1.50. The molecule has 0 aliphatic carbocycles. The highest BCUT2D eigenvalue weighted by atomic mass is 16.5. The van der Waals surface area contributed by atoms with Crippen molar-refractivity contribution in [2.45, 2.75) is 45.2 Å². The van der Waals surface area contributed by atoms with Crippen molar-refractivity contribution < 1.29 is 4.74 Å². The lowest BCUT2D eigenvalue weighted by Gasteiger charge is -2.19. The maximum absolute atomic E-state index is 11.7. The van der Waals surface area contributed by atoms with E-state index in [1.54, 1.807) is 16.7 Å². The van der Waals surface area contributed by atoms with Crippen LogP contribution in [0, 0.1) is 6.92 Å². The average Bonchev–Trinajstić information content (AvgIpc) is 2.78. The van der Waals surface area contributed by atoms with Crippen LogP contribution in [0.4, 0.5) is 0 Å². The summed E-state index contributed by atoms with van der Waals surface area (Å²) in [5, 5.41) is 3.67. The zero-order chi connectivity index (χ0) is 16.8. The van der Waals surface area contributed by atoms with Crippen LogP contribution in [0.1, 0.15) is 42.9 Å². The second kappa shape index (κ2) is 8.15. The van der Waals surface area contributed by atoms with Crippen molar-refractivity contribution >= 4 is 0 Å². The van der Waals surface area contributed by atoms with E-state index in [1.807, 2.05) is 12.3 Å². The first-order valence-electron chi connectivity index (χ1n) is 8.86. The molecule has 24 heavy (non-hydrogen) atoms. The lowest BCUT2D eigenvalue weighted by atomic mass is 10.0. The number of fused-ring (bicyclic) bond motifs is 1. The van der Waals surface area contributed by atoms with Gasteiger partial charge in [0, 0.05) is 30.4 Å². The van der Waals surface area contributed by atoms with Gasteiger partial charge in [-0.05, 0) is 56.8 Å². The lowest BCUT2D eigenvalue weighted by Crippen LogP contribution is -2.23. The number of benzene rings is 1. The third-order valence-corrected chi connectivity index (χ3v) is 4.55. The van der Waals surface area contributed by atoms with Gasteiger partial charge in [0.05, 0.1) is 6.61 Å². The summed E-state index contributed by atoms with van der Waals surface area (Å²) in [6, 6.07) is 12.2. The predicted octanol–water partition coefficient (Wildman–Crippen LogP) is 3.44. The van der Waals surface area contributed by atoms with E-state index in [0.29, 0.717) is 6.04 Å². The number of ether oxygens (including phenoxy) is 1. The first-order valence-corrected chi connectivity index (χ1v) is 8.86. The highest BCUT2D eigenvalue weighted by molar-refractivity contribution is 5.39. The molecule has 0 fully saturated rings. The molecule has 0 bridgehead atoms. The van der Waals surface area contributed by atoms with Crippen molar-refractivity contribution in [3.8, 4) is 5.75 Å². The largest absolute Gasteiger partial charge is 0.493 e. The molecule has 1 aromatic heterocycles. The molecular formula is C20H26N2O2. The summed E-state index contributed by atoms with van der Waals surface area (Å²) in [6.45, 7) is 4.64. The van der Waals surface area contributed by atoms with Gasteiger partial charge in [-0.3, -0.25) is 4.79 Å².